The molecule has 1 fully saturated rings. The third-order valence-corrected chi connectivity index (χ3v) is 4.22. The average Bonchev–Trinajstić information content (AvgIpc) is 2.46. The van der Waals surface area contributed by atoms with Crippen molar-refractivity contribution in [3.63, 3.8) is 0 Å². The highest BCUT2D eigenvalue weighted by Crippen LogP contribution is 2.15. The number of hydrogen-bond acceptors (Lipinski definition) is 5. The number of aryl methyl sites for hydroxylation is 1. The van der Waals surface area contributed by atoms with E-state index in [-0.39, 0.29) is 4.90 Å². The van der Waals surface area contributed by atoms with Crippen molar-refractivity contribution in [1.29, 1.82) is 0 Å². The van der Waals surface area contributed by atoms with Crippen molar-refractivity contribution in [1.82, 2.24) is 4.90 Å². The molecule has 6 nitrogen and oxygen atoms in total. The van der Waals surface area contributed by atoms with E-state index in [2.05, 4.69) is 9.22 Å². The molecule has 7 heteroatoms. The van der Waals surface area contributed by atoms with Crippen LogP contribution in [0.2, 0.25) is 0 Å². The Morgan fingerprint density at radius 3 is 2.30 bits per heavy atom. The highest BCUT2D eigenvalue weighted by molar-refractivity contribution is 7.86. The number of rotatable bonds is 3. The Labute approximate surface area is 118 Å². The topological polar surface area (TPSA) is 72.9 Å². The fraction of sp³-hybridized carbons (Fsp3) is 0.462. The van der Waals surface area contributed by atoms with Gasteiger partial charge in [0.1, 0.15) is 0 Å². The van der Waals surface area contributed by atoms with Crippen LogP contribution >= 0.6 is 0 Å². The van der Waals surface area contributed by atoms with Crippen LogP contribution in [0.3, 0.4) is 0 Å². The first-order chi connectivity index (χ1) is 9.49. The van der Waals surface area contributed by atoms with Gasteiger partial charge in [0.25, 0.3) is 0 Å². The third kappa shape index (κ3) is 3.71. The number of likely N-dealkylation sites (tertiary alicyclic amines) is 1. The number of carbonyl (C=O) groups is 1. The first-order valence-electron chi connectivity index (χ1n) is 6.46. The maximum atomic E-state index is 11.8. The van der Waals surface area contributed by atoms with Gasteiger partial charge in [-0.15, -0.1) is 0 Å². The van der Waals surface area contributed by atoms with Crippen molar-refractivity contribution < 1.29 is 22.4 Å². The maximum absolute atomic E-state index is 11.8. The Morgan fingerprint density at radius 2 is 1.70 bits per heavy atom. The van der Waals surface area contributed by atoms with E-state index in [4.69, 9.17) is 0 Å². The zero-order valence-corrected chi connectivity index (χ0v) is 12.1. The molecule has 0 radical (unpaired) electrons. The minimum atomic E-state index is -4.08. The predicted molar refractivity (Wildman–Crippen MR) is 71.4 cm³/mol. The van der Waals surface area contributed by atoms with Gasteiger partial charge in [0.05, 0.1) is 4.90 Å². The normalized spacial score (nSPS) is 15.9. The number of hydrogen-bond donors (Lipinski definition) is 0. The molecule has 110 valence electrons. The fourth-order valence-electron chi connectivity index (χ4n) is 1.95. The van der Waals surface area contributed by atoms with E-state index in [1.54, 1.807) is 12.1 Å². The fourth-order valence-corrected chi connectivity index (χ4v) is 2.64. The monoisotopic (exact) mass is 299 g/mol. The van der Waals surface area contributed by atoms with Gasteiger partial charge in [0, 0.05) is 13.1 Å². The molecule has 0 aliphatic carbocycles. The molecule has 1 aromatic rings. The molecule has 20 heavy (non-hydrogen) atoms. The molecule has 0 bridgehead atoms. The van der Waals surface area contributed by atoms with Gasteiger partial charge in [0.2, 0.25) is 0 Å². The number of benzene rings is 1. The van der Waals surface area contributed by atoms with Gasteiger partial charge in [-0.2, -0.15) is 8.42 Å². The lowest BCUT2D eigenvalue weighted by Crippen LogP contribution is -2.36. The first kappa shape index (κ1) is 14.8. The van der Waals surface area contributed by atoms with E-state index in [9.17, 15) is 13.2 Å². The summed E-state index contributed by atoms with van der Waals surface area (Å²) in [5.41, 5.74) is 0.925. The summed E-state index contributed by atoms with van der Waals surface area (Å²) in [6.07, 6.45) is 2.08. The van der Waals surface area contributed by atoms with Crippen molar-refractivity contribution in [3.8, 4) is 0 Å². The lowest BCUT2D eigenvalue weighted by molar-refractivity contribution is -0.149. The van der Waals surface area contributed by atoms with Crippen molar-refractivity contribution in [3.05, 3.63) is 29.8 Å². The SMILES string of the molecule is Cc1ccc(S(=O)(=O)OOC(=O)N2CCCCC2)cc1. The molecule has 1 heterocycles. The molecule has 2 rings (SSSR count). The Bertz CT molecular complexity index is 561. The summed E-state index contributed by atoms with van der Waals surface area (Å²) in [7, 11) is -4.08. The van der Waals surface area contributed by atoms with Crippen LogP contribution in [0.4, 0.5) is 4.79 Å². The number of nitrogens with zero attached hydrogens (tertiary/aromatic N) is 1. The molecule has 0 unspecified atom stereocenters. The van der Waals surface area contributed by atoms with Crippen LogP contribution in [0, 0.1) is 6.92 Å². The van der Waals surface area contributed by atoms with Gasteiger partial charge in [0.15, 0.2) is 0 Å². The van der Waals surface area contributed by atoms with E-state index in [1.807, 2.05) is 6.92 Å². The maximum Gasteiger partial charge on any atom is 0.442 e. The lowest BCUT2D eigenvalue weighted by atomic mass is 10.1. The smallest absolute Gasteiger partial charge is 0.306 e. The highest BCUT2D eigenvalue weighted by atomic mass is 32.2. The van der Waals surface area contributed by atoms with E-state index < -0.39 is 16.2 Å². The summed E-state index contributed by atoms with van der Waals surface area (Å²) in [6, 6.07) is 6.09. The molecule has 1 amide bonds. The van der Waals surface area contributed by atoms with Crippen molar-refractivity contribution in [2.45, 2.75) is 31.1 Å². The van der Waals surface area contributed by atoms with Crippen LogP contribution in [-0.2, 0) is 19.3 Å². The van der Waals surface area contributed by atoms with Gasteiger partial charge < -0.3 is 4.90 Å². The van der Waals surface area contributed by atoms with E-state index >= 15 is 0 Å². The Balaban J connectivity index is 1.95. The molecular formula is C13H17NO5S. The molecule has 0 atom stereocenters. The van der Waals surface area contributed by atoms with Gasteiger partial charge in [-0.3, -0.25) is 4.89 Å². The third-order valence-electron chi connectivity index (χ3n) is 3.12. The second-order valence-corrected chi connectivity index (χ2v) is 6.25. The predicted octanol–water partition coefficient (Wildman–Crippen LogP) is 2.24. The second kappa shape index (κ2) is 6.23. The highest BCUT2D eigenvalue weighted by Gasteiger charge is 2.23. The largest absolute Gasteiger partial charge is 0.442 e. The summed E-state index contributed by atoms with van der Waals surface area (Å²) < 4.78 is 28.0. The van der Waals surface area contributed by atoms with E-state index in [0.29, 0.717) is 13.1 Å². The lowest BCUT2D eigenvalue weighted by Gasteiger charge is -2.24. The summed E-state index contributed by atoms with van der Waals surface area (Å²) >= 11 is 0. The quantitative estimate of drug-likeness (QED) is 0.632. The molecule has 0 N–H and O–H groups in total. The summed E-state index contributed by atoms with van der Waals surface area (Å²) in [4.78, 5) is 17.5. The summed E-state index contributed by atoms with van der Waals surface area (Å²) in [5, 5.41) is 0. The van der Waals surface area contributed by atoms with Gasteiger partial charge >= 0.3 is 16.2 Å². The Kier molecular flexibility index (Phi) is 4.61. The van der Waals surface area contributed by atoms with Crippen LogP contribution in [0.15, 0.2) is 29.2 Å². The minimum absolute atomic E-state index is 0.0467. The van der Waals surface area contributed by atoms with Crippen LogP contribution < -0.4 is 0 Å². The molecule has 1 aliphatic heterocycles. The second-order valence-electron chi connectivity index (χ2n) is 4.73. The first-order valence-corrected chi connectivity index (χ1v) is 7.86. The number of piperidine rings is 1. The van der Waals surface area contributed by atoms with Crippen molar-refractivity contribution in [2.24, 2.45) is 0 Å². The van der Waals surface area contributed by atoms with Gasteiger partial charge in [-0.05, 0) is 42.7 Å². The molecular weight excluding hydrogens is 282 g/mol. The van der Waals surface area contributed by atoms with Crippen LogP contribution in [0.1, 0.15) is 24.8 Å². The number of amides is 1. The van der Waals surface area contributed by atoms with Crippen molar-refractivity contribution in [2.75, 3.05) is 13.1 Å². The van der Waals surface area contributed by atoms with Crippen LogP contribution in [0.25, 0.3) is 0 Å². The van der Waals surface area contributed by atoms with Gasteiger partial charge in [-0.25, -0.2) is 4.79 Å². The summed E-state index contributed by atoms with van der Waals surface area (Å²) in [6.45, 7) is 2.97. The van der Waals surface area contributed by atoms with Gasteiger partial charge in [-0.1, -0.05) is 17.7 Å². The van der Waals surface area contributed by atoms with Crippen molar-refractivity contribution >= 4 is 16.2 Å². The molecule has 0 spiro atoms. The average molecular weight is 299 g/mol. The molecule has 1 aromatic carbocycles. The van der Waals surface area contributed by atoms with Crippen LogP contribution in [-0.4, -0.2) is 32.5 Å². The van der Waals surface area contributed by atoms with E-state index in [0.717, 1.165) is 24.8 Å². The zero-order valence-electron chi connectivity index (χ0n) is 11.2. The van der Waals surface area contributed by atoms with E-state index in [1.165, 1.54) is 17.0 Å². The number of carbonyl (C=O) groups excluding carboxylic acids is 1. The van der Waals surface area contributed by atoms with Crippen LogP contribution in [0.5, 0.6) is 0 Å². The molecule has 1 saturated heterocycles. The molecule has 0 saturated carbocycles. The molecule has 1 aliphatic rings. The minimum Gasteiger partial charge on any atom is -0.306 e. The Hall–Kier alpha value is -1.60. The summed E-state index contributed by atoms with van der Waals surface area (Å²) in [5.74, 6) is 0. The molecule has 0 aromatic heterocycles. The zero-order chi connectivity index (χ0) is 14.6. The standard InChI is InChI=1S/C13H17NO5S/c1-11-5-7-12(8-6-11)20(16,17)19-18-13(15)14-9-3-2-4-10-14/h5-8H,2-4,9-10H2,1H3. The Morgan fingerprint density at radius 1 is 1.10 bits per heavy atom.